The Morgan fingerprint density at radius 2 is 2.21 bits per heavy atom. The van der Waals surface area contributed by atoms with Crippen molar-refractivity contribution in [2.24, 2.45) is 0 Å². The second kappa shape index (κ2) is 4.19. The third kappa shape index (κ3) is 1.74. The molecule has 0 spiro atoms. The first-order chi connectivity index (χ1) is 6.61. The molecule has 0 saturated carbocycles. The van der Waals surface area contributed by atoms with Gasteiger partial charge in [0.15, 0.2) is 11.5 Å². The van der Waals surface area contributed by atoms with E-state index < -0.39 is 24.3 Å². The van der Waals surface area contributed by atoms with Gasteiger partial charge in [-0.15, -0.1) is 0 Å². The maximum Gasteiger partial charge on any atom is 0.269 e. The molecule has 78 valence electrons. The first-order valence-corrected chi connectivity index (χ1v) is 3.75. The van der Waals surface area contributed by atoms with E-state index in [1.54, 1.807) is 0 Å². The molecular weight excluding hydrogens is 196 g/mol. The number of nitrogens with zero attached hydrogens (tertiary/aromatic N) is 1. The van der Waals surface area contributed by atoms with Gasteiger partial charge >= 0.3 is 0 Å². The monoisotopic (exact) mass is 205 g/mol. The molecule has 6 heteroatoms. The molecule has 0 atom stereocenters. The molecule has 1 heterocycles. The van der Waals surface area contributed by atoms with Crippen LogP contribution in [-0.4, -0.2) is 22.3 Å². The zero-order chi connectivity index (χ0) is 10.7. The largest absolute Gasteiger partial charge is 0.503 e. The summed E-state index contributed by atoms with van der Waals surface area (Å²) >= 11 is 0. The Hall–Kier alpha value is -1.43. The minimum absolute atomic E-state index is 0.199. The number of ether oxygens (including phenoxy) is 1. The number of hydrogen-bond acceptors (Lipinski definition) is 4. The van der Waals surface area contributed by atoms with Crippen LogP contribution >= 0.6 is 0 Å². The van der Waals surface area contributed by atoms with Crippen LogP contribution in [0.2, 0.25) is 0 Å². The number of halogens is 2. The zero-order valence-electron chi connectivity index (χ0n) is 7.37. The average Bonchev–Trinajstić information content (AvgIpc) is 2.17. The van der Waals surface area contributed by atoms with Gasteiger partial charge in [0.2, 0.25) is 0 Å². The third-order valence-corrected chi connectivity index (χ3v) is 1.70. The van der Waals surface area contributed by atoms with Crippen molar-refractivity contribution in [2.45, 2.75) is 13.0 Å². The highest BCUT2D eigenvalue weighted by Crippen LogP contribution is 2.37. The fourth-order valence-corrected chi connectivity index (χ4v) is 1.10. The fraction of sp³-hybridized carbons (Fsp3) is 0.375. The fourth-order valence-electron chi connectivity index (χ4n) is 1.10. The van der Waals surface area contributed by atoms with Gasteiger partial charge in [0.25, 0.3) is 6.43 Å². The van der Waals surface area contributed by atoms with Gasteiger partial charge in [-0.3, -0.25) is 4.98 Å². The molecule has 2 N–H and O–H groups in total. The van der Waals surface area contributed by atoms with Crippen LogP contribution < -0.4 is 4.74 Å². The summed E-state index contributed by atoms with van der Waals surface area (Å²) in [6, 6.07) is 0. The van der Waals surface area contributed by atoms with Gasteiger partial charge in [-0.05, 0) is 0 Å². The third-order valence-electron chi connectivity index (χ3n) is 1.70. The van der Waals surface area contributed by atoms with E-state index in [4.69, 9.17) is 10.2 Å². The summed E-state index contributed by atoms with van der Waals surface area (Å²) in [5, 5.41) is 17.9. The molecule has 1 aromatic heterocycles. The van der Waals surface area contributed by atoms with Crippen LogP contribution in [0.5, 0.6) is 11.5 Å². The summed E-state index contributed by atoms with van der Waals surface area (Å²) < 4.78 is 29.6. The lowest BCUT2D eigenvalue weighted by molar-refractivity contribution is 0.140. The predicted octanol–water partition coefficient (Wildman–Crippen LogP) is 1.23. The summed E-state index contributed by atoms with van der Waals surface area (Å²) in [6.07, 6.45) is -1.90. The Morgan fingerprint density at radius 1 is 1.57 bits per heavy atom. The second-order valence-corrected chi connectivity index (χ2v) is 2.50. The molecule has 0 aliphatic rings. The Morgan fingerprint density at radius 3 is 2.64 bits per heavy atom. The van der Waals surface area contributed by atoms with Crippen molar-refractivity contribution in [1.29, 1.82) is 0 Å². The minimum atomic E-state index is -2.85. The number of aromatic hydroxyl groups is 1. The molecule has 0 radical (unpaired) electrons. The lowest BCUT2D eigenvalue weighted by Gasteiger charge is -2.11. The molecule has 14 heavy (non-hydrogen) atoms. The maximum absolute atomic E-state index is 12.5. The van der Waals surface area contributed by atoms with Crippen molar-refractivity contribution in [3.05, 3.63) is 17.5 Å². The van der Waals surface area contributed by atoms with E-state index in [0.29, 0.717) is 0 Å². The summed E-state index contributed by atoms with van der Waals surface area (Å²) in [5.74, 6) is -0.820. The molecule has 0 unspecified atom stereocenters. The van der Waals surface area contributed by atoms with Crippen LogP contribution in [0.1, 0.15) is 17.7 Å². The topological polar surface area (TPSA) is 62.6 Å². The first-order valence-electron chi connectivity index (χ1n) is 3.75. The standard InChI is InChI=1S/C8H9F2NO3/c1-14-7-5(13)2-11-4(3-12)6(7)8(9)10/h2,8,12-13H,3H2,1H3. The van der Waals surface area contributed by atoms with Gasteiger partial charge in [0.1, 0.15) is 0 Å². The molecule has 0 bridgehead atoms. The Balaban J connectivity index is 3.36. The molecule has 0 amide bonds. The molecule has 0 aromatic carbocycles. The van der Waals surface area contributed by atoms with Gasteiger partial charge in [-0.2, -0.15) is 0 Å². The molecule has 1 aromatic rings. The van der Waals surface area contributed by atoms with E-state index in [2.05, 4.69) is 9.72 Å². The second-order valence-electron chi connectivity index (χ2n) is 2.50. The van der Waals surface area contributed by atoms with Gasteiger partial charge < -0.3 is 14.9 Å². The highest BCUT2D eigenvalue weighted by atomic mass is 19.3. The maximum atomic E-state index is 12.5. The zero-order valence-corrected chi connectivity index (χ0v) is 7.37. The Kier molecular flexibility index (Phi) is 3.19. The summed E-state index contributed by atoms with van der Waals surface area (Å²) in [6.45, 7) is -0.629. The number of rotatable bonds is 3. The smallest absolute Gasteiger partial charge is 0.269 e. The highest BCUT2D eigenvalue weighted by Gasteiger charge is 2.22. The number of aliphatic hydroxyl groups excluding tert-OH is 1. The van der Waals surface area contributed by atoms with Crippen molar-refractivity contribution >= 4 is 0 Å². The molecular formula is C8H9F2NO3. The van der Waals surface area contributed by atoms with Crippen LogP contribution in [-0.2, 0) is 6.61 Å². The first kappa shape index (κ1) is 10.6. The van der Waals surface area contributed by atoms with E-state index in [9.17, 15) is 8.78 Å². The van der Waals surface area contributed by atoms with Crippen molar-refractivity contribution in [2.75, 3.05) is 7.11 Å². The van der Waals surface area contributed by atoms with Gasteiger partial charge in [0.05, 0.1) is 31.2 Å². The molecule has 0 aliphatic heterocycles. The van der Waals surface area contributed by atoms with Crippen molar-refractivity contribution in [1.82, 2.24) is 4.98 Å². The van der Waals surface area contributed by atoms with E-state index >= 15 is 0 Å². The van der Waals surface area contributed by atoms with Crippen molar-refractivity contribution in [3.8, 4) is 11.5 Å². The molecule has 4 nitrogen and oxygen atoms in total. The normalized spacial score (nSPS) is 10.6. The minimum Gasteiger partial charge on any atom is -0.503 e. The molecule has 1 rings (SSSR count). The molecule has 0 saturated heterocycles. The number of methoxy groups -OCH3 is 1. The average molecular weight is 205 g/mol. The van der Waals surface area contributed by atoms with Gasteiger partial charge in [-0.1, -0.05) is 0 Å². The SMILES string of the molecule is COc1c(O)cnc(CO)c1C(F)F. The molecule has 0 fully saturated rings. The van der Waals surface area contributed by atoms with E-state index in [1.165, 1.54) is 0 Å². The number of aromatic nitrogens is 1. The summed E-state index contributed by atoms with van der Waals surface area (Å²) in [7, 11) is 1.15. The lowest BCUT2D eigenvalue weighted by Crippen LogP contribution is -2.02. The lowest BCUT2D eigenvalue weighted by atomic mass is 10.1. The highest BCUT2D eigenvalue weighted by molar-refractivity contribution is 5.46. The van der Waals surface area contributed by atoms with E-state index in [-0.39, 0.29) is 11.4 Å². The van der Waals surface area contributed by atoms with E-state index in [0.717, 1.165) is 13.3 Å². The van der Waals surface area contributed by atoms with Crippen molar-refractivity contribution < 1.29 is 23.7 Å². The van der Waals surface area contributed by atoms with E-state index in [1.807, 2.05) is 0 Å². The number of alkyl halides is 2. The summed E-state index contributed by atoms with van der Waals surface area (Å²) in [5.41, 5.74) is -0.773. The molecule has 0 aliphatic carbocycles. The Labute approximate surface area is 78.8 Å². The predicted molar refractivity (Wildman–Crippen MR) is 43.3 cm³/mol. The number of hydrogen-bond donors (Lipinski definition) is 2. The number of pyridine rings is 1. The van der Waals surface area contributed by atoms with Crippen LogP contribution in [0, 0.1) is 0 Å². The van der Waals surface area contributed by atoms with Gasteiger partial charge in [-0.25, -0.2) is 8.78 Å². The number of aliphatic hydroxyl groups is 1. The van der Waals surface area contributed by atoms with Gasteiger partial charge in [0, 0.05) is 0 Å². The quantitative estimate of drug-likeness (QED) is 0.778. The van der Waals surface area contributed by atoms with Crippen LogP contribution in [0.25, 0.3) is 0 Å². The Bertz CT molecular complexity index is 331. The van der Waals surface area contributed by atoms with Crippen LogP contribution in [0.15, 0.2) is 6.20 Å². The van der Waals surface area contributed by atoms with Crippen molar-refractivity contribution in [3.63, 3.8) is 0 Å². The van der Waals surface area contributed by atoms with Crippen LogP contribution in [0.4, 0.5) is 8.78 Å². The summed E-state index contributed by atoms with van der Waals surface area (Å²) in [4.78, 5) is 3.47. The van der Waals surface area contributed by atoms with Crippen LogP contribution in [0.3, 0.4) is 0 Å².